The van der Waals surface area contributed by atoms with E-state index < -0.39 is 5.97 Å². The number of benzene rings is 2. The van der Waals surface area contributed by atoms with E-state index in [9.17, 15) is 9.18 Å². The third kappa shape index (κ3) is 3.06. The molecule has 1 aromatic heterocycles. The number of ether oxygens (including phenoxy) is 1. The van der Waals surface area contributed by atoms with Gasteiger partial charge < -0.3 is 14.5 Å². The zero-order chi connectivity index (χ0) is 20.8. The molecule has 3 aromatic rings. The Morgan fingerprint density at radius 2 is 2.10 bits per heavy atom. The molecule has 30 heavy (non-hydrogen) atoms. The summed E-state index contributed by atoms with van der Waals surface area (Å²) in [6.45, 7) is 6.26. The van der Waals surface area contributed by atoms with E-state index in [4.69, 9.17) is 9.15 Å². The van der Waals surface area contributed by atoms with Crippen molar-refractivity contribution < 1.29 is 18.3 Å². The van der Waals surface area contributed by atoms with E-state index in [0.29, 0.717) is 28.5 Å². The van der Waals surface area contributed by atoms with Crippen molar-refractivity contribution in [3.63, 3.8) is 0 Å². The van der Waals surface area contributed by atoms with Crippen molar-refractivity contribution in [1.82, 2.24) is 4.90 Å². The van der Waals surface area contributed by atoms with Gasteiger partial charge in [-0.05, 0) is 69.1 Å². The van der Waals surface area contributed by atoms with E-state index in [1.54, 1.807) is 19.1 Å². The van der Waals surface area contributed by atoms with Crippen LogP contribution in [0.4, 0.5) is 10.1 Å². The van der Waals surface area contributed by atoms with Crippen molar-refractivity contribution in [2.75, 3.05) is 25.0 Å². The maximum atomic E-state index is 13.4. The van der Waals surface area contributed by atoms with Crippen LogP contribution < -0.4 is 5.32 Å². The van der Waals surface area contributed by atoms with Crippen molar-refractivity contribution in [2.45, 2.75) is 38.8 Å². The number of nitrogens with one attached hydrogen (secondary N) is 1. The Labute approximate surface area is 174 Å². The highest BCUT2D eigenvalue weighted by Crippen LogP contribution is 2.42. The molecule has 2 aliphatic heterocycles. The fourth-order valence-electron chi connectivity index (χ4n) is 4.86. The molecule has 2 aliphatic rings. The molecule has 5 nitrogen and oxygen atoms in total. The molecule has 0 amide bonds. The second kappa shape index (κ2) is 7.43. The van der Waals surface area contributed by atoms with Crippen LogP contribution >= 0.6 is 0 Å². The van der Waals surface area contributed by atoms with Gasteiger partial charge in [0.05, 0.1) is 6.61 Å². The van der Waals surface area contributed by atoms with Crippen LogP contribution in [0.5, 0.6) is 0 Å². The SMILES string of the molecule is CCOC(=O)c1c(-c2ccc(F)cc2)oc2cc3c(cc12)C(C)N1CCCC1CN3. The summed E-state index contributed by atoms with van der Waals surface area (Å²) >= 11 is 0. The number of rotatable bonds is 3. The lowest BCUT2D eigenvalue weighted by Gasteiger charge is -2.28. The van der Waals surface area contributed by atoms with Crippen LogP contribution in [0.15, 0.2) is 40.8 Å². The largest absolute Gasteiger partial charge is 0.462 e. The number of carbonyl (C=O) groups excluding carboxylic acids is 1. The van der Waals surface area contributed by atoms with Crippen molar-refractivity contribution in [3.8, 4) is 11.3 Å². The van der Waals surface area contributed by atoms with Crippen LogP contribution in [0.1, 0.15) is 48.7 Å². The van der Waals surface area contributed by atoms with Gasteiger partial charge >= 0.3 is 5.97 Å². The highest BCUT2D eigenvalue weighted by Gasteiger charge is 2.34. The molecule has 2 aromatic carbocycles. The number of esters is 1. The molecular weight excluding hydrogens is 383 g/mol. The third-order valence-electron chi connectivity index (χ3n) is 6.34. The lowest BCUT2D eigenvalue weighted by Crippen LogP contribution is -2.34. The summed E-state index contributed by atoms with van der Waals surface area (Å²) in [5.41, 5.74) is 3.86. The van der Waals surface area contributed by atoms with Gasteiger partial charge in [0.2, 0.25) is 0 Å². The summed E-state index contributed by atoms with van der Waals surface area (Å²) in [6.07, 6.45) is 2.41. The Bertz CT molecular complexity index is 1110. The van der Waals surface area contributed by atoms with Crippen LogP contribution in [0.25, 0.3) is 22.3 Å². The number of halogens is 1. The highest BCUT2D eigenvalue weighted by molar-refractivity contribution is 6.09. The molecule has 3 heterocycles. The summed E-state index contributed by atoms with van der Waals surface area (Å²) in [5, 5.41) is 4.32. The minimum atomic E-state index is -0.427. The molecule has 6 heteroatoms. The van der Waals surface area contributed by atoms with Crippen LogP contribution in [-0.4, -0.2) is 36.6 Å². The molecule has 1 N–H and O–H groups in total. The second-order valence-corrected chi connectivity index (χ2v) is 8.06. The van der Waals surface area contributed by atoms with Crippen LogP contribution in [0.3, 0.4) is 0 Å². The molecule has 0 bridgehead atoms. The maximum absolute atomic E-state index is 13.4. The smallest absolute Gasteiger partial charge is 0.342 e. The molecule has 2 atom stereocenters. The first kappa shape index (κ1) is 19.1. The monoisotopic (exact) mass is 408 g/mol. The Morgan fingerprint density at radius 3 is 2.87 bits per heavy atom. The van der Waals surface area contributed by atoms with E-state index in [1.807, 2.05) is 6.07 Å². The summed E-state index contributed by atoms with van der Waals surface area (Å²) in [7, 11) is 0. The molecule has 0 radical (unpaired) electrons. The quantitative estimate of drug-likeness (QED) is 0.591. The number of hydrogen-bond donors (Lipinski definition) is 1. The molecular formula is C24H25FN2O3. The number of furan rings is 1. The predicted octanol–water partition coefficient (Wildman–Crippen LogP) is 5.37. The first-order valence-corrected chi connectivity index (χ1v) is 10.6. The van der Waals surface area contributed by atoms with Gasteiger partial charge in [-0.1, -0.05) is 0 Å². The van der Waals surface area contributed by atoms with Crippen LogP contribution in [0.2, 0.25) is 0 Å². The summed E-state index contributed by atoms with van der Waals surface area (Å²) in [5.74, 6) is -0.350. The molecule has 156 valence electrons. The van der Waals surface area contributed by atoms with E-state index in [1.165, 1.54) is 25.0 Å². The van der Waals surface area contributed by atoms with Crippen molar-refractivity contribution in [1.29, 1.82) is 0 Å². The summed E-state index contributed by atoms with van der Waals surface area (Å²) in [4.78, 5) is 15.4. The minimum absolute atomic E-state index is 0.242. The van der Waals surface area contributed by atoms with E-state index >= 15 is 0 Å². The average Bonchev–Trinajstić information content (AvgIpc) is 3.33. The van der Waals surface area contributed by atoms with Gasteiger partial charge in [0.15, 0.2) is 0 Å². The van der Waals surface area contributed by atoms with Gasteiger partial charge in [-0.15, -0.1) is 0 Å². The second-order valence-electron chi connectivity index (χ2n) is 8.06. The van der Waals surface area contributed by atoms with Gasteiger partial charge in [-0.2, -0.15) is 0 Å². The van der Waals surface area contributed by atoms with Gasteiger partial charge in [-0.25, -0.2) is 9.18 Å². The number of nitrogens with zero attached hydrogens (tertiary/aromatic N) is 1. The van der Waals surface area contributed by atoms with Crippen molar-refractivity contribution in [2.24, 2.45) is 0 Å². The predicted molar refractivity (Wildman–Crippen MR) is 114 cm³/mol. The number of fused-ring (bicyclic) bond motifs is 3. The standard InChI is InChI=1S/C24H25FN2O3/c1-3-29-24(28)22-19-11-18-14(2)27-10-4-5-17(27)13-26-20(18)12-21(19)30-23(22)15-6-8-16(25)9-7-15/h6-9,11-12,14,17,26H,3-5,10,13H2,1-2H3. The van der Waals surface area contributed by atoms with E-state index in [2.05, 4.69) is 23.2 Å². The van der Waals surface area contributed by atoms with Crippen molar-refractivity contribution in [3.05, 3.63) is 53.3 Å². The highest BCUT2D eigenvalue weighted by atomic mass is 19.1. The zero-order valence-corrected chi connectivity index (χ0v) is 17.2. The maximum Gasteiger partial charge on any atom is 0.342 e. The van der Waals surface area contributed by atoms with Crippen molar-refractivity contribution >= 4 is 22.6 Å². The topological polar surface area (TPSA) is 54.7 Å². The van der Waals surface area contributed by atoms with E-state index in [-0.39, 0.29) is 18.5 Å². The fraction of sp³-hybridized carbons (Fsp3) is 0.375. The normalized spacial score (nSPS) is 21.0. The lowest BCUT2D eigenvalue weighted by atomic mass is 9.99. The molecule has 0 saturated carbocycles. The number of carbonyl (C=O) groups is 1. The fourth-order valence-corrected chi connectivity index (χ4v) is 4.86. The molecule has 2 unspecified atom stereocenters. The Hall–Kier alpha value is -2.86. The molecule has 0 spiro atoms. The molecule has 1 fully saturated rings. The first-order valence-electron chi connectivity index (χ1n) is 10.6. The molecule has 0 aliphatic carbocycles. The average molecular weight is 408 g/mol. The van der Waals surface area contributed by atoms with Gasteiger partial charge in [0.1, 0.15) is 22.7 Å². The lowest BCUT2D eigenvalue weighted by molar-refractivity contribution is 0.0528. The van der Waals surface area contributed by atoms with Gasteiger partial charge in [-0.3, -0.25) is 4.90 Å². The van der Waals surface area contributed by atoms with Gasteiger partial charge in [0, 0.05) is 41.3 Å². The molecule has 5 rings (SSSR count). The summed E-state index contributed by atoms with van der Waals surface area (Å²) < 4.78 is 24.9. The zero-order valence-electron chi connectivity index (χ0n) is 17.2. The summed E-state index contributed by atoms with van der Waals surface area (Å²) in [6, 6.07) is 10.8. The van der Waals surface area contributed by atoms with Crippen LogP contribution in [-0.2, 0) is 4.74 Å². The minimum Gasteiger partial charge on any atom is -0.462 e. The number of hydrogen-bond acceptors (Lipinski definition) is 5. The Balaban J connectivity index is 1.70. The molecule has 1 saturated heterocycles. The van der Waals surface area contributed by atoms with Crippen LogP contribution in [0, 0.1) is 5.82 Å². The van der Waals surface area contributed by atoms with E-state index in [0.717, 1.165) is 29.7 Å². The number of anilines is 1. The third-order valence-corrected chi connectivity index (χ3v) is 6.34. The Kier molecular flexibility index (Phi) is 4.74. The first-order chi connectivity index (χ1) is 14.6. The van der Waals surface area contributed by atoms with Gasteiger partial charge in [0.25, 0.3) is 0 Å². The Morgan fingerprint density at radius 1 is 1.30 bits per heavy atom.